The molecule has 24 heavy (non-hydrogen) atoms. The topological polar surface area (TPSA) is 29.5 Å². The maximum absolute atomic E-state index is 12.3. The van der Waals surface area contributed by atoms with Gasteiger partial charge in [-0.15, -0.1) is 0 Å². The van der Waals surface area contributed by atoms with Crippen LogP contribution in [0.1, 0.15) is 24.0 Å². The van der Waals surface area contributed by atoms with Crippen molar-refractivity contribution in [3.63, 3.8) is 0 Å². The molecule has 0 radical (unpaired) electrons. The van der Waals surface area contributed by atoms with Crippen molar-refractivity contribution in [2.75, 3.05) is 20.7 Å². The van der Waals surface area contributed by atoms with Gasteiger partial charge in [-0.1, -0.05) is 36.4 Å². The van der Waals surface area contributed by atoms with Crippen molar-refractivity contribution >= 4 is 21.8 Å². The van der Waals surface area contributed by atoms with Crippen molar-refractivity contribution in [3.05, 3.63) is 64.1 Å². The van der Waals surface area contributed by atoms with E-state index in [9.17, 15) is 4.79 Å². The van der Waals surface area contributed by atoms with E-state index in [1.54, 1.807) is 7.11 Å². The largest absolute Gasteiger partial charge is 0.496 e. The molecule has 3 nitrogen and oxygen atoms in total. The van der Waals surface area contributed by atoms with Crippen LogP contribution >= 0.6 is 15.9 Å². The highest BCUT2D eigenvalue weighted by atomic mass is 79.9. The van der Waals surface area contributed by atoms with Crippen LogP contribution in [0.15, 0.2) is 53.0 Å². The van der Waals surface area contributed by atoms with Gasteiger partial charge in [0.25, 0.3) is 0 Å². The number of methoxy groups -OCH3 is 1. The molecule has 2 aromatic carbocycles. The predicted octanol–water partition coefficient (Wildman–Crippen LogP) is 4.48. The van der Waals surface area contributed by atoms with Crippen LogP contribution in [0.3, 0.4) is 0 Å². The number of halogens is 1. The Kier molecular flexibility index (Phi) is 7.32. The van der Waals surface area contributed by atoms with Gasteiger partial charge in [0, 0.05) is 20.0 Å². The van der Waals surface area contributed by atoms with Crippen LogP contribution in [0.2, 0.25) is 0 Å². The molecule has 0 N–H and O–H groups in total. The fraction of sp³-hybridized carbons (Fsp3) is 0.350. The Labute approximate surface area is 152 Å². The average molecular weight is 390 g/mol. The smallest absolute Gasteiger partial charge is 0.222 e. The maximum Gasteiger partial charge on any atom is 0.222 e. The van der Waals surface area contributed by atoms with Crippen molar-refractivity contribution in [3.8, 4) is 5.75 Å². The lowest BCUT2D eigenvalue weighted by Crippen LogP contribution is -2.28. The Balaban J connectivity index is 1.74. The first-order valence-electron chi connectivity index (χ1n) is 8.20. The molecule has 0 bridgehead atoms. The van der Waals surface area contributed by atoms with E-state index in [0.717, 1.165) is 41.6 Å². The number of hydrogen-bond acceptors (Lipinski definition) is 2. The summed E-state index contributed by atoms with van der Waals surface area (Å²) < 4.78 is 6.14. The molecule has 0 spiro atoms. The summed E-state index contributed by atoms with van der Waals surface area (Å²) >= 11 is 3.48. The molecule has 4 heteroatoms. The van der Waals surface area contributed by atoms with Gasteiger partial charge in [-0.25, -0.2) is 0 Å². The average Bonchev–Trinajstić information content (AvgIpc) is 2.60. The van der Waals surface area contributed by atoms with Gasteiger partial charge in [0.2, 0.25) is 5.91 Å². The molecular formula is C20H24BrNO2. The fourth-order valence-corrected chi connectivity index (χ4v) is 3.19. The van der Waals surface area contributed by atoms with E-state index in [4.69, 9.17) is 4.74 Å². The van der Waals surface area contributed by atoms with Crippen LogP contribution in [0.25, 0.3) is 0 Å². The monoisotopic (exact) mass is 389 g/mol. The highest BCUT2D eigenvalue weighted by Gasteiger charge is 2.09. The first-order chi connectivity index (χ1) is 11.6. The molecule has 2 aromatic rings. The predicted molar refractivity (Wildman–Crippen MR) is 101 cm³/mol. The summed E-state index contributed by atoms with van der Waals surface area (Å²) in [5.41, 5.74) is 2.45. The second-order valence-corrected chi connectivity index (χ2v) is 6.73. The van der Waals surface area contributed by atoms with E-state index in [1.165, 1.54) is 5.56 Å². The van der Waals surface area contributed by atoms with Crippen molar-refractivity contribution < 1.29 is 9.53 Å². The molecule has 0 unspecified atom stereocenters. The van der Waals surface area contributed by atoms with Crippen LogP contribution in [-0.2, 0) is 17.6 Å². The summed E-state index contributed by atoms with van der Waals surface area (Å²) in [5, 5.41) is 0. The highest BCUT2D eigenvalue weighted by molar-refractivity contribution is 9.10. The summed E-state index contributed by atoms with van der Waals surface area (Å²) in [7, 11) is 3.53. The van der Waals surface area contributed by atoms with Crippen LogP contribution in [0.4, 0.5) is 0 Å². The number of carbonyl (C=O) groups is 1. The molecule has 0 fully saturated rings. The first-order valence-corrected chi connectivity index (χ1v) is 8.99. The number of hydrogen-bond donors (Lipinski definition) is 0. The molecule has 0 aliphatic heterocycles. The number of amides is 1. The minimum Gasteiger partial charge on any atom is -0.496 e. The van der Waals surface area contributed by atoms with Crippen molar-refractivity contribution in [1.82, 2.24) is 4.90 Å². The summed E-state index contributed by atoms with van der Waals surface area (Å²) in [6, 6.07) is 16.3. The van der Waals surface area contributed by atoms with Gasteiger partial charge in [-0.3, -0.25) is 4.79 Å². The second-order valence-electron chi connectivity index (χ2n) is 5.87. The van der Waals surface area contributed by atoms with Gasteiger partial charge >= 0.3 is 0 Å². The third-order valence-corrected chi connectivity index (χ3v) is 4.69. The Hall–Kier alpha value is -1.81. The van der Waals surface area contributed by atoms with Gasteiger partial charge < -0.3 is 9.64 Å². The Morgan fingerprint density at radius 2 is 1.83 bits per heavy atom. The quantitative estimate of drug-likeness (QED) is 0.665. The molecular weight excluding hydrogens is 366 g/mol. The lowest BCUT2D eigenvalue weighted by molar-refractivity contribution is -0.129. The second kappa shape index (κ2) is 9.48. The van der Waals surface area contributed by atoms with Crippen LogP contribution in [0, 0.1) is 0 Å². The number of carbonyl (C=O) groups excluding carboxylic acids is 1. The third-order valence-electron chi connectivity index (χ3n) is 4.07. The van der Waals surface area contributed by atoms with Crippen molar-refractivity contribution in [1.29, 1.82) is 0 Å². The normalized spacial score (nSPS) is 10.5. The molecule has 128 valence electrons. The number of aryl methyl sites for hydroxylation is 2. The van der Waals surface area contributed by atoms with Gasteiger partial charge in [-0.05, 0) is 58.5 Å². The number of rotatable bonds is 8. The van der Waals surface area contributed by atoms with Gasteiger partial charge in [0.1, 0.15) is 5.75 Å². The highest BCUT2D eigenvalue weighted by Crippen LogP contribution is 2.26. The van der Waals surface area contributed by atoms with Crippen molar-refractivity contribution in [2.24, 2.45) is 0 Å². The van der Waals surface area contributed by atoms with Gasteiger partial charge in [0.05, 0.1) is 11.6 Å². The zero-order chi connectivity index (χ0) is 17.4. The van der Waals surface area contributed by atoms with E-state index in [1.807, 2.05) is 36.2 Å². The summed E-state index contributed by atoms with van der Waals surface area (Å²) in [4.78, 5) is 14.1. The van der Waals surface area contributed by atoms with Crippen LogP contribution in [-0.4, -0.2) is 31.5 Å². The Morgan fingerprint density at radius 1 is 1.08 bits per heavy atom. The standard InChI is InChI=1S/C20H24BrNO2/c1-22(14-6-9-16-7-4-3-5-8-16)20(23)13-11-17-10-12-19(24-2)18(21)15-17/h3-5,7-8,10,12,15H,6,9,11,13-14H2,1-2H3. The van der Waals surface area contributed by atoms with Gasteiger partial charge in [-0.2, -0.15) is 0 Å². The molecule has 0 saturated carbocycles. The van der Waals surface area contributed by atoms with Crippen LogP contribution < -0.4 is 4.74 Å². The summed E-state index contributed by atoms with van der Waals surface area (Å²) in [5.74, 6) is 0.998. The number of nitrogens with zero attached hydrogens (tertiary/aromatic N) is 1. The molecule has 2 rings (SSSR count). The zero-order valence-electron chi connectivity index (χ0n) is 14.3. The molecule has 0 aliphatic carbocycles. The van der Waals surface area contributed by atoms with Gasteiger partial charge in [0.15, 0.2) is 0 Å². The summed E-state index contributed by atoms with van der Waals surface area (Å²) in [6.45, 7) is 0.792. The minimum atomic E-state index is 0.190. The van der Waals surface area contributed by atoms with E-state index in [2.05, 4.69) is 40.2 Å². The fourth-order valence-electron chi connectivity index (χ4n) is 2.60. The summed E-state index contributed by atoms with van der Waals surface area (Å²) in [6.07, 6.45) is 3.26. The molecule has 0 aliphatic rings. The van der Waals surface area contributed by atoms with E-state index in [-0.39, 0.29) is 5.91 Å². The SMILES string of the molecule is COc1ccc(CCC(=O)N(C)CCCc2ccccc2)cc1Br. The molecule has 0 saturated heterocycles. The molecule has 0 atom stereocenters. The third kappa shape index (κ3) is 5.68. The first kappa shape index (κ1) is 18.5. The number of ether oxygens (including phenoxy) is 1. The molecule has 1 amide bonds. The van der Waals surface area contributed by atoms with E-state index in [0.29, 0.717) is 6.42 Å². The van der Waals surface area contributed by atoms with Crippen molar-refractivity contribution in [2.45, 2.75) is 25.7 Å². The lowest BCUT2D eigenvalue weighted by atomic mass is 10.1. The Bertz CT molecular complexity index is 658. The minimum absolute atomic E-state index is 0.190. The van der Waals surface area contributed by atoms with E-state index >= 15 is 0 Å². The molecule has 0 heterocycles. The molecule has 0 aromatic heterocycles. The van der Waals surface area contributed by atoms with Crippen LogP contribution in [0.5, 0.6) is 5.75 Å². The number of benzene rings is 2. The Morgan fingerprint density at radius 3 is 2.50 bits per heavy atom. The van der Waals surface area contributed by atoms with E-state index < -0.39 is 0 Å². The lowest BCUT2D eigenvalue weighted by Gasteiger charge is -2.17. The zero-order valence-corrected chi connectivity index (χ0v) is 15.9. The maximum atomic E-state index is 12.3.